The van der Waals surface area contributed by atoms with Gasteiger partial charge in [-0.25, -0.2) is 0 Å². The Kier molecular flexibility index (Phi) is 6.46. The van der Waals surface area contributed by atoms with E-state index in [0.29, 0.717) is 12.5 Å². The lowest BCUT2D eigenvalue weighted by atomic mass is 9.92. The third-order valence-corrected chi connectivity index (χ3v) is 4.67. The van der Waals surface area contributed by atoms with E-state index in [-0.39, 0.29) is 31.0 Å². The van der Waals surface area contributed by atoms with E-state index in [2.05, 4.69) is 6.92 Å². The first-order chi connectivity index (χ1) is 11.2. The standard InChI is InChI=1S/C19H24N2O2.ClH/c1-14-9-10-21(16(11-14)12-20)19(22)13-23-18-8-4-6-15-5-2-3-7-17(15)18;/h2-8,14,16H,9-13,20H2,1H3;1H. The molecule has 0 aliphatic carbocycles. The number of benzene rings is 2. The molecular weight excluding hydrogens is 324 g/mol. The van der Waals surface area contributed by atoms with Gasteiger partial charge >= 0.3 is 0 Å². The van der Waals surface area contributed by atoms with Crippen molar-refractivity contribution in [2.75, 3.05) is 19.7 Å². The van der Waals surface area contributed by atoms with Gasteiger partial charge in [-0.1, -0.05) is 43.3 Å². The second-order valence-corrected chi connectivity index (χ2v) is 6.37. The maximum Gasteiger partial charge on any atom is 0.260 e. The number of hydrogen-bond donors (Lipinski definition) is 1. The molecular formula is C19H25ClN2O2. The first-order valence-corrected chi connectivity index (χ1v) is 8.29. The van der Waals surface area contributed by atoms with Crippen LogP contribution in [-0.2, 0) is 4.79 Å². The van der Waals surface area contributed by atoms with Crippen LogP contribution in [0.15, 0.2) is 42.5 Å². The maximum atomic E-state index is 12.5. The Bertz CT molecular complexity index is 687. The monoisotopic (exact) mass is 348 g/mol. The summed E-state index contributed by atoms with van der Waals surface area (Å²) in [6, 6.07) is 14.1. The minimum atomic E-state index is 0. The molecule has 24 heavy (non-hydrogen) atoms. The lowest BCUT2D eigenvalue weighted by Crippen LogP contribution is -2.50. The van der Waals surface area contributed by atoms with Gasteiger partial charge in [-0.2, -0.15) is 0 Å². The summed E-state index contributed by atoms with van der Waals surface area (Å²) in [4.78, 5) is 14.4. The van der Waals surface area contributed by atoms with Gasteiger partial charge in [0.05, 0.1) is 0 Å². The summed E-state index contributed by atoms with van der Waals surface area (Å²) >= 11 is 0. The topological polar surface area (TPSA) is 55.6 Å². The molecule has 0 radical (unpaired) electrons. The highest BCUT2D eigenvalue weighted by molar-refractivity contribution is 5.88. The molecule has 130 valence electrons. The van der Waals surface area contributed by atoms with Crippen molar-refractivity contribution in [3.8, 4) is 5.75 Å². The first kappa shape index (κ1) is 18.6. The van der Waals surface area contributed by atoms with Crippen molar-refractivity contribution in [1.29, 1.82) is 0 Å². The van der Waals surface area contributed by atoms with Crippen LogP contribution in [-0.4, -0.2) is 36.5 Å². The van der Waals surface area contributed by atoms with Crippen LogP contribution in [0, 0.1) is 5.92 Å². The Hall–Kier alpha value is -1.78. The van der Waals surface area contributed by atoms with Gasteiger partial charge in [-0.05, 0) is 30.2 Å². The molecule has 0 aromatic heterocycles. The number of carbonyl (C=O) groups is 1. The predicted octanol–water partition coefficient (Wildman–Crippen LogP) is 3.23. The van der Waals surface area contributed by atoms with E-state index in [9.17, 15) is 4.79 Å². The zero-order valence-electron chi connectivity index (χ0n) is 14.0. The minimum Gasteiger partial charge on any atom is -0.483 e. The molecule has 0 saturated carbocycles. The van der Waals surface area contributed by atoms with Crippen molar-refractivity contribution >= 4 is 29.1 Å². The molecule has 2 unspecified atom stereocenters. The molecule has 1 saturated heterocycles. The van der Waals surface area contributed by atoms with Crippen molar-refractivity contribution < 1.29 is 9.53 Å². The van der Waals surface area contributed by atoms with E-state index < -0.39 is 0 Å². The Morgan fingerprint density at radius 1 is 1.25 bits per heavy atom. The molecule has 0 bridgehead atoms. The largest absolute Gasteiger partial charge is 0.483 e. The average molecular weight is 349 g/mol. The fourth-order valence-electron chi connectivity index (χ4n) is 3.35. The molecule has 1 aliphatic rings. The molecule has 1 amide bonds. The maximum absolute atomic E-state index is 12.5. The summed E-state index contributed by atoms with van der Waals surface area (Å²) in [5.41, 5.74) is 5.84. The number of nitrogens with zero attached hydrogens (tertiary/aromatic N) is 1. The molecule has 1 fully saturated rings. The number of fused-ring (bicyclic) bond motifs is 1. The van der Waals surface area contributed by atoms with Gasteiger partial charge in [0.2, 0.25) is 0 Å². The number of piperidine rings is 1. The normalized spacial score (nSPS) is 20.5. The Balaban J connectivity index is 0.00000208. The summed E-state index contributed by atoms with van der Waals surface area (Å²) in [5, 5.41) is 2.15. The third-order valence-electron chi connectivity index (χ3n) is 4.67. The fourth-order valence-corrected chi connectivity index (χ4v) is 3.35. The number of rotatable bonds is 4. The molecule has 1 heterocycles. The number of amides is 1. The SMILES string of the molecule is CC1CCN(C(=O)COc2cccc3ccccc23)C(CN)C1.Cl. The molecule has 3 rings (SSSR count). The highest BCUT2D eigenvalue weighted by atomic mass is 35.5. The van der Waals surface area contributed by atoms with Crippen LogP contribution in [0.3, 0.4) is 0 Å². The van der Waals surface area contributed by atoms with Gasteiger partial charge in [0.15, 0.2) is 6.61 Å². The van der Waals surface area contributed by atoms with Crippen LogP contribution in [0.25, 0.3) is 10.8 Å². The van der Waals surface area contributed by atoms with Crippen LogP contribution in [0.1, 0.15) is 19.8 Å². The van der Waals surface area contributed by atoms with Crippen LogP contribution in [0.4, 0.5) is 0 Å². The van der Waals surface area contributed by atoms with Gasteiger partial charge in [0, 0.05) is 24.5 Å². The molecule has 2 N–H and O–H groups in total. The van der Waals surface area contributed by atoms with E-state index in [1.807, 2.05) is 47.4 Å². The second kappa shape index (κ2) is 8.36. The minimum absolute atomic E-state index is 0. The van der Waals surface area contributed by atoms with Crippen LogP contribution >= 0.6 is 12.4 Å². The fraction of sp³-hybridized carbons (Fsp3) is 0.421. The summed E-state index contributed by atoms with van der Waals surface area (Å²) in [7, 11) is 0. The van der Waals surface area contributed by atoms with Crippen LogP contribution in [0.5, 0.6) is 5.75 Å². The van der Waals surface area contributed by atoms with Crippen molar-refractivity contribution in [3.05, 3.63) is 42.5 Å². The van der Waals surface area contributed by atoms with Crippen molar-refractivity contribution in [2.45, 2.75) is 25.8 Å². The van der Waals surface area contributed by atoms with Crippen molar-refractivity contribution in [2.24, 2.45) is 11.7 Å². The molecule has 4 nitrogen and oxygen atoms in total. The zero-order chi connectivity index (χ0) is 16.2. The van der Waals surface area contributed by atoms with E-state index in [1.165, 1.54) is 0 Å². The van der Waals surface area contributed by atoms with Gasteiger partial charge in [-0.3, -0.25) is 4.79 Å². The number of halogens is 1. The number of nitrogens with two attached hydrogens (primary N) is 1. The van der Waals surface area contributed by atoms with Gasteiger partial charge < -0.3 is 15.4 Å². The lowest BCUT2D eigenvalue weighted by Gasteiger charge is -2.37. The van der Waals surface area contributed by atoms with Gasteiger partial charge in [0.25, 0.3) is 5.91 Å². The van der Waals surface area contributed by atoms with E-state index in [4.69, 9.17) is 10.5 Å². The molecule has 2 aromatic carbocycles. The Morgan fingerprint density at radius 2 is 2.00 bits per heavy atom. The van der Waals surface area contributed by atoms with E-state index >= 15 is 0 Å². The number of ether oxygens (including phenoxy) is 1. The smallest absolute Gasteiger partial charge is 0.260 e. The van der Waals surface area contributed by atoms with Crippen molar-refractivity contribution in [3.63, 3.8) is 0 Å². The molecule has 1 aliphatic heterocycles. The quantitative estimate of drug-likeness (QED) is 0.922. The molecule has 0 spiro atoms. The van der Waals surface area contributed by atoms with Gasteiger partial charge in [-0.15, -0.1) is 12.4 Å². The van der Waals surface area contributed by atoms with E-state index in [1.54, 1.807) is 0 Å². The Labute approximate surface area is 149 Å². The number of carbonyl (C=O) groups excluding carboxylic acids is 1. The number of likely N-dealkylation sites (tertiary alicyclic amines) is 1. The highest BCUT2D eigenvalue weighted by Gasteiger charge is 2.29. The summed E-state index contributed by atoms with van der Waals surface area (Å²) in [6.07, 6.45) is 2.02. The van der Waals surface area contributed by atoms with Crippen molar-refractivity contribution in [1.82, 2.24) is 4.90 Å². The predicted molar refractivity (Wildman–Crippen MR) is 99.6 cm³/mol. The Morgan fingerprint density at radius 3 is 2.79 bits per heavy atom. The average Bonchev–Trinajstić information content (AvgIpc) is 2.59. The summed E-state index contributed by atoms with van der Waals surface area (Å²) < 4.78 is 5.82. The first-order valence-electron chi connectivity index (χ1n) is 8.29. The van der Waals surface area contributed by atoms with E-state index in [0.717, 1.165) is 35.9 Å². The number of hydrogen-bond acceptors (Lipinski definition) is 3. The highest BCUT2D eigenvalue weighted by Crippen LogP contribution is 2.26. The molecule has 2 aromatic rings. The van der Waals surface area contributed by atoms with Crippen LogP contribution in [0.2, 0.25) is 0 Å². The lowest BCUT2D eigenvalue weighted by molar-refractivity contribution is -0.137. The molecule has 5 heteroatoms. The second-order valence-electron chi connectivity index (χ2n) is 6.37. The van der Waals surface area contributed by atoms with Crippen LogP contribution < -0.4 is 10.5 Å². The third kappa shape index (κ3) is 4.00. The zero-order valence-corrected chi connectivity index (χ0v) is 14.8. The van der Waals surface area contributed by atoms with Gasteiger partial charge in [0.1, 0.15) is 5.75 Å². The summed E-state index contributed by atoms with van der Waals surface area (Å²) in [5.74, 6) is 1.41. The molecule has 2 atom stereocenters. The summed E-state index contributed by atoms with van der Waals surface area (Å²) in [6.45, 7) is 3.58.